The highest BCUT2D eigenvalue weighted by atomic mass is 16.3. The molecule has 0 atom stereocenters. The predicted molar refractivity (Wildman–Crippen MR) is 85.4 cm³/mol. The van der Waals surface area contributed by atoms with Gasteiger partial charge in [0, 0.05) is 5.56 Å². The van der Waals surface area contributed by atoms with Crippen LogP contribution in [0.1, 0.15) is 77.7 Å². The molecule has 20 heavy (non-hydrogen) atoms. The van der Waals surface area contributed by atoms with Gasteiger partial charge in [-0.3, -0.25) is 0 Å². The lowest BCUT2D eigenvalue weighted by molar-refractivity contribution is 0.399. The molecule has 0 aromatic heterocycles. The molecule has 114 valence electrons. The molecule has 0 saturated carbocycles. The first-order valence-electron chi connectivity index (χ1n) is 8.00. The maximum atomic E-state index is 9.96. The lowest BCUT2D eigenvalue weighted by atomic mass is 9.79. The quantitative estimate of drug-likeness (QED) is 0.461. The van der Waals surface area contributed by atoms with E-state index in [9.17, 15) is 10.2 Å². The summed E-state index contributed by atoms with van der Waals surface area (Å²) in [5.74, 6) is 0.515. The Kier molecular flexibility index (Phi) is 6.90. The molecule has 0 aliphatic rings. The molecule has 0 saturated heterocycles. The van der Waals surface area contributed by atoms with Gasteiger partial charge in [0.2, 0.25) is 0 Å². The Hall–Kier alpha value is -1.18. The van der Waals surface area contributed by atoms with Crippen molar-refractivity contribution in [1.82, 2.24) is 0 Å². The van der Waals surface area contributed by atoms with Crippen LogP contribution < -0.4 is 0 Å². The van der Waals surface area contributed by atoms with E-state index in [1.54, 1.807) is 12.1 Å². The fraction of sp³-hybridized carbons (Fsp3) is 0.667. The molecular weight excluding hydrogens is 248 g/mol. The molecule has 2 nitrogen and oxygen atoms in total. The van der Waals surface area contributed by atoms with E-state index in [0.717, 1.165) is 12.0 Å². The monoisotopic (exact) mass is 278 g/mol. The molecule has 0 bridgehead atoms. The molecule has 0 spiro atoms. The Bertz CT molecular complexity index is 396. The molecule has 0 radical (unpaired) electrons. The topological polar surface area (TPSA) is 40.5 Å². The fourth-order valence-electron chi connectivity index (χ4n) is 2.72. The molecule has 0 unspecified atom stereocenters. The van der Waals surface area contributed by atoms with E-state index in [1.165, 1.54) is 51.0 Å². The van der Waals surface area contributed by atoms with Crippen molar-refractivity contribution in [3.63, 3.8) is 0 Å². The van der Waals surface area contributed by atoms with Crippen LogP contribution >= 0.6 is 0 Å². The van der Waals surface area contributed by atoms with Crippen LogP contribution in [0.5, 0.6) is 11.5 Å². The average Bonchev–Trinajstić information content (AvgIpc) is 2.40. The highest BCUT2D eigenvalue weighted by Crippen LogP contribution is 2.37. The number of hydrogen-bond acceptors (Lipinski definition) is 2. The van der Waals surface area contributed by atoms with Crippen LogP contribution in [-0.4, -0.2) is 10.2 Å². The van der Waals surface area contributed by atoms with Gasteiger partial charge in [-0.25, -0.2) is 0 Å². The van der Waals surface area contributed by atoms with E-state index < -0.39 is 0 Å². The number of phenolic OH excluding ortho intramolecular Hbond substituents is 2. The van der Waals surface area contributed by atoms with Crippen LogP contribution in [0, 0.1) is 0 Å². The van der Waals surface area contributed by atoms with Crippen molar-refractivity contribution in [3.05, 3.63) is 23.8 Å². The zero-order chi connectivity index (χ0) is 15.0. The summed E-state index contributed by atoms with van der Waals surface area (Å²) < 4.78 is 0. The minimum absolute atomic E-state index is 0.0910. The van der Waals surface area contributed by atoms with Crippen molar-refractivity contribution in [2.24, 2.45) is 0 Å². The first-order chi connectivity index (χ1) is 9.47. The Morgan fingerprint density at radius 3 is 2.15 bits per heavy atom. The Morgan fingerprint density at radius 2 is 1.50 bits per heavy atom. The minimum atomic E-state index is -0.0910. The zero-order valence-corrected chi connectivity index (χ0v) is 13.3. The summed E-state index contributed by atoms with van der Waals surface area (Å²) in [5.41, 5.74) is 0.759. The van der Waals surface area contributed by atoms with Crippen LogP contribution in [0.15, 0.2) is 18.2 Å². The molecular formula is C18H30O2. The Morgan fingerprint density at radius 1 is 0.900 bits per heavy atom. The SMILES string of the molecule is CCCCCCCCCC(C)(C)c1cc(O)ccc1O. The van der Waals surface area contributed by atoms with Gasteiger partial charge in [0.1, 0.15) is 11.5 Å². The van der Waals surface area contributed by atoms with Crippen molar-refractivity contribution >= 4 is 0 Å². The van der Waals surface area contributed by atoms with Crippen LogP contribution in [0.2, 0.25) is 0 Å². The third-order valence-electron chi connectivity index (χ3n) is 4.11. The van der Waals surface area contributed by atoms with Crippen molar-refractivity contribution in [1.29, 1.82) is 0 Å². The Labute approximate surface area is 123 Å². The van der Waals surface area contributed by atoms with E-state index in [1.807, 2.05) is 0 Å². The third kappa shape index (κ3) is 5.44. The predicted octanol–water partition coefficient (Wildman–Crippen LogP) is 5.52. The summed E-state index contributed by atoms with van der Waals surface area (Å²) in [6.07, 6.45) is 10.1. The van der Waals surface area contributed by atoms with E-state index in [-0.39, 0.29) is 16.9 Å². The zero-order valence-electron chi connectivity index (χ0n) is 13.3. The lowest BCUT2D eigenvalue weighted by Gasteiger charge is -2.26. The molecule has 0 heterocycles. The number of aromatic hydroxyl groups is 2. The van der Waals surface area contributed by atoms with Gasteiger partial charge in [-0.05, 0) is 30.0 Å². The van der Waals surface area contributed by atoms with Crippen LogP contribution in [-0.2, 0) is 5.41 Å². The van der Waals surface area contributed by atoms with Gasteiger partial charge in [0.05, 0.1) is 0 Å². The van der Waals surface area contributed by atoms with Gasteiger partial charge in [-0.1, -0.05) is 65.7 Å². The van der Waals surface area contributed by atoms with E-state index in [0.29, 0.717) is 0 Å². The second kappa shape index (κ2) is 8.18. The molecule has 1 aromatic carbocycles. The molecule has 0 fully saturated rings. The molecule has 0 aliphatic carbocycles. The molecule has 2 heteroatoms. The van der Waals surface area contributed by atoms with Crippen LogP contribution in [0.4, 0.5) is 0 Å². The third-order valence-corrected chi connectivity index (χ3v) is 4.11. The summed E-state index contributed by atoms with van der Waals surface area (Å²) in [6.45, 7) is 6.52. The second-order valence-corrected chi connectivity index (χ2v) is 6.46. The molecule has 2 N–H and O–H groups in total. The van der Waals surface area contributed by atoms with E-state index in [4.69, 9.17) is 0 Å². The maximum absolute atomic E-state index is 9.96. The normalized spacial score (nSPS) is 11.8. The lowest BCUT2D eigenvalue weighted by Crippen LogP contribution is -2.17. The van der Waals surface area contributed by atoms with Crippen molar-refractivity contribution in [2.75, 3.05) is 0 Å². The molecule has 1 rings (SSSR count). The molecule has 0 aliphatic heterocycles. The number of phenols is 2. The standard InChI is InChI=1S/C18H30O2/c1-4-5-6-7-8-9-10-13-18(2,3)16-14-15(19)11-12-17(16)20/h11-12,14,19-20H,4-10,13H2,1-3H3. The molecule has 1 aromatic rings. The van der Waals surface area contributed by atoms with Gasteiger partial charge in [-0.15, -0.1) is 0 Å². The molecule has 0 amide bonds. The van der Waals surface area contributed by atoms with Gasteiger partial charge in [0.15, 0.2) is 0 Å². The highest BCUT2D eigenvalue weighted by Gasteiger charge is 2.23. The summed E-state index contributed by atoms with van der Waals surface area (Å²) in [4.78, 5) is 0. The van der Waals surface area contributed by atoms with Crippen molar-refractivity contribution < 1.29 is 10.2 Å². The Balaban J connectivity index is 2.39. The van der Waals surface area contributed by atoms with Gasteiger partial charge >= 0.3 is 0 Å². The second-order valence-electron chi connectivity index (χ2n) is 6.46. The first-order valence-corrected chi connectivity index (χ1v) is 8.00. The smallest absolute Gasteiger partial charge is 0.119 e. The summed E-state index contributed by atoms with van der Waals surface area (Å²) in [7, 11) is 0. The number of rotatable bonds is 9. The van der Waals surface area contributed by atoms with Gasteiger partial charge < -0.3 is 10.2 Å². The van der Waals surface area contributed by atoms with E-state index >= 15 is 0 Å². The van der Waals surface area contributed by atoms with E-state index in [2.05, 4.69) is 20.8 Å². The minimum Gasteiger partial charge on any atom is -0.508 e. The van der Waals surface area contributed by atoms with Gasteiger partial charge in [0.25, 0.3) is 0 Å². The van der Waals surface area contributed by atoms with Crippen molar-refractivity contribution in [2.45, 2.75) is 77.6 Å². The van der Waals surface area contributed by atoms with Crippen LogP contribution in [0.3, 0.4) is 0 Å². The number of hydrogen-bond donors (Lipinski definition) is 2. The van der Waals surface area contributed by atoms with Crippen molar-refractivity contribution in [3.8, 4) is 11.5 Å². The summed E-state index contributed by atoms with van der Waals surface area (Å²) >= 11 is 0. The average molecular weight is 278 g/mol. The number of benzene rings is 1. The summed E-state index contributed by atoms with van der Waals surface area (Å²) in [5, 5.41) is 19.5. The first kappa shape index (κ1) is 16.9. The summed E-state index contributed by atoms with van der Waals surface area (Å²) in [6, 6.07) is 4.80. The largest absolute Gasteiger partial charge is 0.508 e. The van der Waals surface area contributed by atoms with Crippen LogP contribution in [0.25, 0.3) is 0 Å². The number of unbranched alkanes of at least 4 members (excludes halogenated alkanes) is 6. The maximum Gasteiger partial charge on any atom is 0.119 e. The highest BCUT2D eigenvalue weighted by molar-refractivity contribution is 5.42. The van der Waals surface area contributed by atoms with Gasteiger partial charge in [-0.2, -0.15) is 0 Å². The fourth-order valence-corrected chi connectivity index (χ4v) is 2.72.